The summed E-state index contributed by atoms with van der Waals surface area (Å²) in [6, 6.07) is 26.8. The average molecular weight is 474 g/mol. The molecular weight excluding hydrogens is 446 g/mol. The van der Waals surface area contributed by atoms with Crippen molar-refractivity contribution < 1.29 is 14.4 Å². The largest absolute Gasteiger partial charge is 0.369 e. The molecule has 4 rings (SSSR count). The summed E-state index contributed by atoms with van der Waals surface area (Å²) in [4.78, 5) is 42.4. The van der Waals surface area contributed by atoms with E-state index in [0.29, 0.717) is 31.7 Å². The van der Waals surface area contributed by atoms with Crippen molar-refractivity contribution in [2.45, 2.75) is 10.8 Å². The molecule has 0 radical (unpaired) electrons. The molecule has 0 aromatic heterocycles. The number of primary amides is 1. The summed E-state index contributed by atoms with van der Waals surface area (Å²) in [5.74, 6) is -0.738. The minimum atomic E-state index is -0.425. The summed E-state index contributed by atoms with van der Waals surface area (Å²) in [5.41, 5.74) is 7.74. The van der Waals surface area contributed by atoms with Gasteiger partial charge < -0.3 is 15.5 Å². The Morgan fingerprint density at radius 2 is 1.24 bits per heavy atom. The lowest BCUT2D eigenvalue weighted by molar-refractivity contribution is -0.133. The maximum Gasteiger partial charge on any atom is 0.255 e. The Hall–Kier alpha value is -3.58. The minimum Gasteiger partial charge on any atom is -0.369 e. The first kappa shape index (κ1) is 23.6. The van der Waals surface area contributed by atoms with E-state index < -0.39 is 5.91 Å². The highest BCUT2D eigenvalue weighted by molar-refractivity contribution is 8.00. The minimum absolute atomic E-state index is 0.0434. The third-order valence-corrected chi connectivity index (χ3v) is 6.97. The zero-order valence-electron chi connectivity index (χ0n) is 18.8. The van der Waals surface area contributed by atoms with E-state index in [4.69, 9.17) is 5.73 Å². The van der Waals surface area contributed by atoms with Crippen molar-refractivity contribution in [3.8, 4) is 0 Å². The number of nitrogens with zero attached hydrogens (tertiary/aromatic N) is 2. The van der Waals surface area contributed by atoms with E-state index in [-0.39, 0.29) is 23.5 Å². The van der Waals surface area contributed by atoms with E-state index in [1.807, 2.05) is 83.8 Å². The van der Waals surface area contributed by atoms with Crippen molar-refractivity contribution in [2.24, 2.45) is 5.73 Å². The van der Waals surface area contributed by atoms with Gasteiger partial charge in [0.1, 0.15) is 0 Å². The van der Waals surface area contributed by atoms with E-state index in [1.165, 1.54) is 11.8 Å². The van der Waals surface area contributed by atoms with Gasteiger partial charge in [0.15, 0.2) is 0 Å². The second-order valence-corrected chi connectivity index (χ2v) is 9.14. The van der Waals surface area contributed by atoms with Crippen LogP contribution in [-0.4, -0.2) is 59.5 Å². The van der Waals surface area contributed by atoms with Gasteiger partial charge in [-0.3, -0.25) is 14.4 Å². The number of nitrogens with two attached hydrogens (primary N) is 1. The number of piperazine rings is 1. The molecule has 3 amide bonds. The Morgan fingerprint density at radius 1 is 0.735 bits per heavy atom. The molecule has 1 aliphatic rings. The van der Waals surface area contributed by atoms with Crippen LogP contribution >= 0.6 is 11.8 Å². The molecule has 3 aromatic carbocycles. The quantitative estimate of drug-likeness (QED) is 0.533. The molecule has 7 heteroatoms. The number of rotatable bonds is 7. The number of carbonyl (C=O) groups is 3. The fourth-order valence-corrected chi connectivity index (χ4v) is 4.95. The van der Waals surface area contributed by atoms with Crippen LogP contribution in [0.4, 0.5) is 0 Å². The van der Waals surface area contributed by atoms with Crippen LogP contribution in [0.1, 0.15) is 27.4 Å². The van der Waals surface area contributed by atoms with Gasteiger partial charge >= 0.3 is 0 Å². The zero-order chi connectivity index (χ0) is 23.9. The van der Waals surface area contributed by atoms with Crippen molar-refractivity contribution in [3.63, 3.8) is 0 Å². The van der Waals surface area contributed by atoms with Crippen LogP contribution in [0.3, 0.4) is 0 Å². The van der Waals surface area contributed by atoms with Crippen LogP contribution in [0.5, 0.6) is 0 Å². The topological polar surface area (TPSA) is 83.7 Å². The highest BCUT2D eigenvalue weighted by Crippen LogP contribution is 2.28. The van der Waals surface area contributed by atoms with Gasteiger partial charge in [-0.25, -0.2) is 0 Å². The van der Waals surface area contributed by atoms with E-state index in [0.717, 1.165) is 16.0 Å². The summed E-state index contributed by atoms with van der Waals surface area (Å²) in [7, 11) is 0. The third-order valence-electron chi connectivity index (χ3n) is 5.88. The molecule has 0 aliphatic carbocycles. The SMILES string of the molecule is NC(=O)CSc1ccccc1C(=O)N1CCN(C(=O)C(c2ccccc2)c2ccccc2)CC1. The highest BCUT2D eigenvalue weighted by Gasteiger charge is 2.31. The molecule has 0 unspecified atom stereocenters. The van der Waals surface area contributed by atoms with Crippen LogP contribution in [0.25, 0.3) is 0 Å². The van der Waals surface area contributed by atoms with Gasteiger partial charge in [-0.05, 0) is 23.3 Å². The molecule has 1 aliphatic heterocycles. The summed E-state index contributed by atoms with van der Waals surface area (Å²) in [5, 5.41) is 0. The Bertz CT molecular complexity index is 1110. The number of carbonyl (C=O) groups excluding carboxylic acids is 3. The Kier molecular flexibility index (Phi) is 7.65. The van der Waals surface area contributed by atoms with Crippen LogP contribution in [0.2, 0.25) is 0 Å². The molecule has 1 heterocycles. The van der Waals surface area contributed by atoms with Gasteiger partial charge in [0.2, 0.25) is 11.8 Å². The Balaban J connectivity index is 1.46. The predicted octanol–water partition coefficient (Wildman–Crippen LogP) is 3.38. The van der Waals surface area contributed by atoms with Crippen molar-refractivity contribution in [1.82, 2.24) is 9.80 Å². The lowest BCUT2D eigenvalue weighted by atomic mass is 9.90. The van der Waals surface area contributed by atoms with Gasteiger partial charge in [-0.15, -0.1) is 11.8 Å². The molecule has 6 nitrogen and oxygen atoms in total. The fraction of sp³-hybridized carbons (Fsp3) is 0.222. The molecule has 174 valence electrons. The Labute approximate surface area is 203 Å². The zero-order valence-corrected chi connectivity index (χ0v) is 19.6. The van der Waals surface area contributed by atoms with Gasteiger partial charge in [0.25, 0.3) is 5.91 Å². The normalized spacial score (nSPS) is 13.7. The van der Waals surface area contributed by atoms with Crippen molar-refractivity contribution in [1.29, 1.82) is 0 Å². The number of hydrogen-bond acceptors (Lipinski definition) is 4. The molecule has 2 N–H and O–H groups in total. The first-order valence-electron chi connectivity index (χ1n) is 11.2. The standard InChI is InChI=1S/C27H27N3O3S/c28-24(31)19-34-23-14-8-7-13-22(23)26(32)29-15-17-30(18-16-29)27(33)25(20-9-3-1-4-10-20)21-11-5-2-6-12-21/h1-14,25H,15-19H2,(H2,28,31). The first-order valence-corrected chi connectivity index (χ1v) is 12.2. The van der Waals surface area contributed by atoms with Crippen LogP contribution < -0.4 is 5.73 Å². The van der Waals surface area contributed by atoms with Crippen molar-refractivity contribution >= 4 is 29.5 Å². The molecule has 0 atom stereocenters. The smallest absolute Gasteiger partial charge is 0.255 e. The van der Waals surface area contributed by atoms with Gasteiger partial charge in [-0.1, -0.05) is 72.8 Å². The molecular formula is C27H27N3O3S. The average Bonchev–Trinajstić information content (AvgIpc) is 2.88. The Morgan fingerprint density at radius 3 is 1.79 bits per heavy atom. The van der Waals surface area contributed by atoms with Crippen molar-refractivity contribution in [3.05, 3.63) is 102 Å². The lowest BCUT2D eigenvalue weighted by Crippen LogP contribution is -2.51. The van der Waals surface area contributed by atoms with Crippen LogP contribution in [0.15, 0.2) is 89.8 Å². The van der Waals surface area contributed by atoms with Crippen LogP contribution in [0, 0.1) is 0 Å². The van der Waals surface area contributed by atoms with E-state index in [9.17, 15) is 14.4 Å². The van der Waals surface area contributed by atoms with Crippen molar-refractivity contribution in [2.75, 3.05) is 31.9 Å². The lowest BCUT2D eigenvalue weighted by Gasteiger charge is -2.37. The third kappa shape index (κ3) is 5.48. The molecule has 1 saturated heterocycles. The second-order valence-electron chi connectivity index (χ2n) is 8.12. The van der Waals surface area contributed by atoms with E-state index in [1.54, 1.807) is 11.0 Å². The number of amides is 3. The van der Waals surface area contributed by atoms with E-state index >= 15 is 0 Å². The number of benzene rings is 3. The summed E-state index contributed by atoms with van der Waals surface area (Å²) in [6.07, 6.45) is 0. The summed E-state index contributed by atoms with van der Waals surface area (Å²) < 4.78 is 0. The van der Waals surface area contributed by atoms with E-state index in [2.05, 4.69) is 0 Å². The fourth-order valence-electron chi connectivity index (χ4n) is 4.17. The van der Waals surface area contributed by atoms with Gasteiger partial charge in [0.05, 0.1) is 17.2 Å². The highest BCUT2D eigenvalue weighted by atomic mass is 32.2. The molecule has 0 bridgehead atoms. The molecule has 0 saturated carbocycles. The molecule has 34 heavy (non-hydrogen) atoms. The second kappa shape index (κ2) is 11.0. The predicted molar refractivity (Wildman–Crippen MR) is 134 cm³/mol. The molecule has 1 fully saturated rings. The van der Waals surface area contributed by atoms with Gasteiger partial charge in [-0.2, -0.15) is 0 Å². The maximum absolute atomic E-state index is 13.6. The molecule has 0 spiro atoms. The van der Waals surface area contributed by atoms with Gasteiger partial charge in [0, 0.05) is 31.1 Å². The number of thioether (sulfide) groups is 1. The maximum atomic E-state index is 13.6. The first-order chi connectivity index (χ1) is 16.5. The monoisotopic (exact) mass is 473 g/mol. The number of hydrogen-bond donors (Lipinski definition) is 1. The summed E-state index contributed by atoms with van der Waals surface area (Å²) >= 11 is 1.27. The molecule has 3 aromatic rings. The van der Waals surface area contributed by atoms with Crippen LogP contribution in [-0.2, 0) is 9.59 Å². The summed E-state index contributed by atoms with van der Waals surface area (Å²) in [6.45, 7) is 1.85.